The maximum Gasteiger partial charge on any atom is 0.128 e. The fraction of sp³-hybridized carbons (Fsp3) is 0.417. The molecule has 2 aliphatic heterocycles. The van der Waals surface area contributed by atoms with Gasteiger partial charge in [-0.2, -0.15) is 5.10 Å². The van der Waals surface area contributed by atoms with Crippen LogP contribution < -0.4 is 14.7 Å². The Hall–Kier alpha value is -3.15. The molecule has 1 saturated heterocycles. The third-order valence-corrected chi connectivity index (χ3v) is 10.5. The lowest BCUT2D eigenvalue weighted by molar-refractivity contribution is 0.286. The number of nitrogens with zero attached hydrogens (tertiary/aromatic N) is 5. The number of hydrogen-bond acceptors (Lipinski definition) is 5. The van der Waals surface area contributed by atoms with Gasteiger partial charge in [-0.05, 0) is 117 Å². The molecule has 2 heterocycles. The van der Waals surface area contributed by atoms with Crippen LogP contribution in [-0.4, -0.2) is 43.6 Å². The summed E-state index contributed by atoms with van der Waals surface area (Å²) in [5.41, 5.74) is 6.49. The topological polar surface area (TPSA) is 25.3 Å². The first-order valence-corrected chi connectivity index (χ1v) is 16.6. The van der Waals surface area contributed by atoms with E-state index in [4.69, 9.17) is 23.2 Å². The highest BCUT2D eigenvalue weighted by Crippen LogP contribution is 2.41. The molecule has 3 aromatic carbocycles. The van der Waals surface area contributed by atoms with Crippen LogP contribution in [0.4, 0.5) is 17.1 Å². The van der Waals surface area contributed by atoms with Crippen molar-refractivity contribution in [1.82, 2.24) is 5.01 Å². The van der Waals surface area contributed by atoms with Gasteiger partial charge in [0.2, 0.25) is 0 Å². The summed E-state index contributed by atoms with van der Waals surface area (Å²) in [5, 5.41) is 7.88. The number of anilines is 3. The summed E-state index contributed by atoms with van der Waals surface area (Å²) in [5.74, 6) is 2.30. The van der Waals surface area contributed by atoms with Crippen molar-refractivity contribution >= 4 is 46.6 Å². The van der Waals surface area contributed by atoms with E-state index in [0.717, 1.165) is 56.4 Å². The van der Waals surface area contributed by atoms with Crippen molar-refractivity contribution in [3.63, 3.8) is 0 Å². The van der Waals surface area contributed by atoms with E-state index in [2.05, 4.69) is 101 Å². The van der Waals surface area contributed by atoms with Gasteiger partial charge < -0.3 is 9.80 Å². The van der Waals surface area contributed by atoms with Gasteiger partial charge in [0.15, 0.2) is 0 Å². The van der Waals surface area contributed by atoms with E-state index >= 15 is 0 Å². The molecule has 1 aliphatic carbocycles. The van der Waals surface area contributed by atoms with Crippen molar-refractivity contribution in [3.8, 4) is 0 Å². The zero-order valence-corrected chi connectivity index (χ0v) is 26.9. The molecule has 7 heteroatoms. The van der Waals surface area contributed by atoms with Crippen LogP contribution in [0.2, 0.25) is 10.0 Å². The zero-order chi connectivity index (χ0) is 29.9. The van der Waals surface area contributed by atoms with Crippen molar-refractivity contribution in [2.75, 3.05) is 40.9 Å². The summed E-state index contributed by atoms with van der Waals surface area (Å²) >= 11 is 12.4. The van der Waals surface area contributed by atoms with Crippen LogP contribution in [-0.2, 0) is 6.42 Å². The maximum absolute atomic E-state index is 6.27. The van der Waals surface area contributed by atoms with E-state index in [0.29, 0.717) is 22.0 Å². The second-order valence-electron chi connectivity index (χ2n) is 12.4. The first-order chi connectivity index (χ1) is 20.9. The quantitative estimate of drug-likeness (QED) is 0.239. The number of halogens is 2. The lowest BCUT2D eigenvalue weighted by atomic mass is 9.93. The third-order valence-electron chi connectivity index (χ3n) is 9.71. The molecule has 2 unspecified atom stereocenters. The summed E-state index contributed by atoms with van der Waals surface area (Å²) in [6.45, 7) is 12.7. The van der Waals surface area contributed by atoms with Crippen molar-refractivity contribution in [1.29, 1.82) is 0 Å². The molecular formula is C36H43Cl2N5. The highest BCUT2D eigenvalue weighted by molar-refractivity contribution is 6.42. The summed E-state index contributed by atoms with van der Waals surface area (Å²) in [6, 6.07) is 24.6. The lowest BCUT2D eigenvalue weighted by Gasteiger charge is -2.37. The zero-order valence-electron chi connectivity index (χ0n) is 25.4. The lowest BCUT2D eigenvalue weighted by Crippen LogP contribution is -2.46. The van der Waals surface area contributed by atoms with Gasteiger partial charge >= 0.3 is 0 Å². The molecule has 5 nitrogen and oxygen atoms in total. The Morgan fingerprint density at radius 1 is 0.837 bits per heavy atom. The third kappa shape index (κ3) is 6.68. The summed E-state index contributed by atoms with van der Waals surface area (Å²) in [7, 11) is 0. The minimum absolute atomic E-state index is 0.340. The highest BCUT2D eigenvalue weighted by atomic mass is 35.5. The van der Waals surface area contributed by atoms with E-state index in [1.165, 1.54) is 48.2 Å². The molecule has 1 saturated carbocycles. The van der Waals surface area contributed by atoms with E-state index in [1.54, 1.807) is 0 Å². The molecular weight excluding hydrogens is 573 g/mol. The number of hydrogen-bond donors (Lipinski definition) is 0. The standard InChI is InChI=1S/C36H43Cl2N5/c1-4-26(2)43-27(3)42(25-39-43)34-16-14-33(15-17-34)41-21-19-40(20-22-41)32-12-8-28(9-13-32)5-6-29-7-10-30(23-29)31-11-18-35(37)36(38)24-31/h8-9,11-18,24-26,29-30H,3-7,10,19-23H2,1-2H3/t26?,29-,30?/m1/s1. The minimum Gasteiger partial charge on any atom is -0.368 e. The highest BCUT2D eigenvalue weighted by Gasteiger charge is 2.27. The Bertz CT molecular complexity index is 1430. The number of aryl methyl sites for hydroxylation is 1. The van der Waals surface area contributed by atoms with Crippen molar-refractivity contribution < 1.29 is 0 Å². The van der Waals surface area contributed by atoms with Crippen molar-refractivity contribution in [3.05, 3.63) is 100 Å². The van der Waals surface area contributed by atoms with E-state index in [1.807, 2.05) is 17.4 Å². The number of benzene rings is 3. The van der Waals surface area contributed by atoms with E-state index < -0.39 is 0 Å². The molecule has 6 rings (SSSR count). The van der Waals surface area contributed by atoms with Gasteiger partial charge in [-0.3, -0.25) is 4.90 Å². The molecule has 3 aromatic rings. The Labute approximate surface area is 267 Å². The predicted molar refractivity (Wildman–Crippen MR) is 184 cm³/mol. The number of piperazine rings is 1. The molecule has 3 aliphatic rings. The molecule has 0 radical (unpaired) electrons. The summed E-state index contributed by atoms with van der Waals surface area (Å²) < 4.78 is 0. The first kappa shape index (κ1) is 29.9. The van der Waals surface area contributed by atoms with Crippen LogP contribution in [0.15, 0.2) is 84.2 Å². The van der Waals surface area contributed by atoms with Crippen LogP contribution in [0.5, 0.6) is 0 Å². The minimum atomic E-state index is 0.340. The normalized spacial score (nSPS) is 21.3. The molecule has 0 spiro atoms. The van der Waals surface area contributed by atoms with Crippen LogP contribution in [0.25, 0.3) is 0 Å². The molecule has 226 valence electrons. The molecule has 0 N–H and O–H groups in total. The predicted octanol–water partition coefficient (Wildman–Crippen LogP) is 9.17. The molecule has 0 bridgehead atoms. The van der Waals surface area contributed by atoms with Crippen molar-refractivity contribution in [2.24, 2.45) is 11.0 Å². The van der Waals surface area contributed by atoms with Crippen LogP contribution in [0.3, 0.4) is 0 Å². The van der Waals surface area contributed by atoms with Crippen LogP contribution in [0.1, 0.15) is 63.0 Å². The number of hydrazone groups is 1. The largest absolute Gasteiger partial charge is 0.368 e. The molecule has 2 fully saturated rings. The molecule has 43 heavy (non-hydrogen) atoms. The molecule has 0 amide bonds. The van der Waals surface area contributed by atoms with Gasteiger partial charge in [0, 0.05) is 43.2 Å². The maximum atomic E-state index is 6.27. The Morgan fingerprint density at radius 2 is 1.47 bits per heavy atom. The van der Waals surface area contributed by atoms with Gasteiger partial charge in [0.1, 0.15) is 12.2 Å². The number of rotatable bonds is 9. The SMILES string of the molecule is C=C1N(c2ccc(N3CCN(c4ccc(CC[C@@H]5CCC(c6ccc(Cl)c(Cl)c6)C5)cc4)CC3)cc2)C=NN1C(C)CC. The van der Waals surface area contributed by atoms with E-state index in [9.17, 15) is 0 Å². The van der Waals surface area contributed by atoms with Crippen LogP contribution in [0, 0.1) is 5.92 Å². The molecule has 0 aromatic heterocycles. The van der Waals surface area contributed by atoms with Gasteiger partial charge in [-0.25, -0.2) is 5.01 Å². The monoisotopic (exact) mass is 615 g/mol. The van der Waals surface area contributed by atoms with Gasteiger partial charge in [0.05, 0.1) is 16.1 Å². The Morgan fingerprint density at radius 3 is 2.09 bits per heavy atom. The average Bonchev–Trinajstić information content (AvgIpc) is 3.68. The Balaban J connectivity index is 0.960. The van der Waals surface area contributed by atoms with Gasteiger partial charge in [-0.1, -0.05) is 54.9 Å². The second kappa shape index (κ2) is 13.2. The van der Waals surface area contributed by atoms with Crippen LogP contribution >= 0.6 is 23.2 Å². The summed E-state index contributed by atoms with van der Waals surface area (Å²) in [6.07, 6.45) is 9.10. The fourth-order valence-electron chi connectivity index (χ4n) is 6.81. The second-order valence-corrected chi connectivity index (χ2v) is 13.2. The fourth-order valence-corrected chi connectivity index (χ4v) is 7.11. The van der Waals surface area contributed by atoms with Crippen molar-refractivity contribution in [2.45, 2.75) is 64.3 Å². The van der Waals surface area contributed by atoms with E-state index in [-0.39, 0.29) is 0 Å². The van der Waals surface area contributed by atoms with Gasteiger partial charge in [-0.15, -0.1) is 0 Å². The summed E-state index contributed by atoms with van der Waals surface area (Å²) in [4.78, 5) is 7.07. The average molecular weight is 617 g/mol. The molecule has 3 atom stereocenters. The Kier molecular flexibility index (Phi) is 9.20. The first-order valence-electron chi connectivity index (χ1n) is 15.8. The smallest absolute Gasteiger partial charge is 0.128 e. The van der Waals surface area contributed by atoms with Gasteiger partial charge in [0.25, 0.3) is 0 Å².